The highest BCUT2D eigenvalue weighted by atomic mass is 32.2. The van der Waals surface area contributed by atoms with E-state index in [1.807, 2.05) is 43.5 Å². The number of hydrogen-bond donors (Lipinski definition) is 2. The molecule has 0 saturated carbocycles. The molecule has 0 fully saturated rings. The zero-order valence-electron chi connectivity index (χ0n) is 17.9. The number of thioether (sulfide) groups is 1. The molecule has 1 aromatic heterocycles. The van der Waals surface area contributed by atoms with Crippen LogP contribution in [0.5, 0.6) is 0 Å². The van der Waals surface area contributed by atoms with Gasteiger partial charge in [-0.25, -0.2) is 18.5 Å². The number of nitrogens with zero attached hydrogens (tertiary/aromatic N) is 2. The predicted molar refractivity (Wildman–Crippen MR) is 124 cm³/mol. The molecule has 166 valence electrons. The molecular formula is C22H28N4O3S2. The van der Waals surface area contributed by atoms with Gasteiger partial charge in [-0.3, -0.25) is 4.79 Å². The Morgan fingerprint density at radius 2 is 1.90 bits per heavy atom. The number of aromatic nitrogens is 2. The van der Waals surface area contributed by atoms with E-state index in [1.54, 1.807) is 6.07 Å². The van der Waals surface area contributed by atoms with E-state index in [-0.39, 0.29) is 22.1 Å². The molecule has 3 aromatic rings. The fourth-order valence-corrected chi connectivity index (χ4v) is 4.86. The normalized spacial score (nSPS) is 13.8. The van der Waals surface area contributed by atoms with Crippen LogP contribution in [0.15, 0.2) is 58.6 Å². The van der Waals surface area contributed by atoms with Crippen LogP contribution in [-0.4, -0.2) is 35.2 Å². The smallest absolute Gasteiger partial charge is 0.238 e. The Morgan fingerprint density at radius 3 is 2.55 bits per heavy atom. The molecule has 0 aliphatic heterocycles. The third-order valence-electron chi connectivity index (χ3n) is 5.08. The van der Waals surface area contributed by atoms with Gasteiger partial charge in [-0.15, -0.1) is 0 Å². The summed E-state index contributed by atoms with van der Waals surface area (Å²) in [6, 6.07) is 14.9. The van der Waals surface area contributed by atoms with Crippen LogP contribution in [0.25, 0.3) is 11.0 Å². The number of carbonyl (C=O) groups excluding carboxylic acids is 1. The number of benzene rings is 2. The predicted octanol–water partition coefficient (Wildman–Crippen LogP) is 3.32. The van der Waals surface area contributed by atoms with Crippen molar-refractivity contribution in [3.63, 3.8) is 0 Å². The van der Waals surface area contributed by atoms with Gasteiger partial charge >= 0.3 is 0 Å². The Labute approximate surface area is 187 Å². The minimum atomic E-state index is -3.80. The van der Waals surface area contributed by atoms with Crippen molar-refractivity contribution in [1.29, 1.82) is 0 Å². The molecule has 0 unspecified atom stereocenters. The summed E-state index contributed by atoms with van der Waals surface area (Å²) >= 11 is 1.36. The van der Waals surface area contributed by atoms with Gasteiger partial charge in [-0.2, -0.15) is 0 Å². The molecule has 0 radical (unpaired) electrons. The number of nitrogens with two attached hydrogens (primary N) is 1. The van der Waals surface area contributed by atoms with Crippen molar-refractivity contribution in [2.24, 2.45) is 5.14 Å². The van der Waals surface area contributed by atoms with E-state index < -0.39 is 10.0 Å². The van der Waals surface area contributed by atoms with Gasteiger partial charge in [-0.05, 0) is 57.4 Å². The molecule has 3 rings (SSSR count). The van der Waals surface area contributed by atoms with Gasteiger partial charge in [0.05, 0.1) is 21.2 Å². The number of fused-ring (bicyclic) bond motifs is 1. The van der Waals surface area contributed by atoms with E-state index in [0.717, 1.165) is 18.4 Å². The molecular weight excluding hydrogens is 432 g/mol. The lowest BCUT2D eigenvalue weighted by Crippen LogP contribution is -2.38. The van der Waals surface area contributed by atoms with Crippen LogP contribution in [0.2, 0.25) is 0 Å². The summed E-state index contributed by atoms with van der Waals surface area (Å²) in [5.41, 5.74) is 2.60. The highest BCUT2D eigenvalue weighted by Gasteiger charge is 2.21. The maximum Gasteiger partial charge on any atom is 0.238 e. The number of nitrogens with one attached hydrogen (secondary N) is 1. The lowest BCUT2D eigenvalue weighted by molar-refractivity contribution is -0.120. The van der Waals surface area contributed by atoms with Crippen molar-refractivity contribution in [3.8, 4) is 0 Å². The number of rotatable bonds is 9. The number of primary sulfonamides is 1. The Morgan fingerprint density at radius 1 is 1.19 bits per heavy atom. The number of amides is 1. The van der Waals surface area contributed by atoms with Crippen LogP contribution in [0, 0.1) is 0 Å². The fraction of sp³-hybridized carbons (Fsp3) is 0.364. The first-order valence-corrected chi connectivity index (χ1v) is 12.7. The highest BCUT2D eigenvalue weighted by Crippen LogP contribution is 2.28. The first kappa shape index (κ1) is 23.3. The van der Waals surface area contributed by atoms with Crippen LogP contribution in [0.3, 0.4) is 0 Å². The monoisotopic (exact) mass is 460 g/mol. The quantitative estimate of drug-likeness (QED) is 0.476. The van der Waals surface area contributed by atoms with Crippen LogP contribution in [-0.2, 0) is 27.8 Å². The number of carbonyl (C=O) groups is 1. The fourth-order valence-electron chi connectivity index (χ4n) is 3.33. The molecule has 1 amide bonds. The van der Waals surface area contributed by atoms with Crippen molar-refractivity contribution >= 4 is 38.7 Å². The molecule has 31 heavy (non-hydrogen) atoms. The topological polar surface area (TPSA) is 107 Å². The molecule has 3 N–H and O–H groups in total. The molecule has 0 bridgehead atoms. The lowest BCUT2D eigenvalue weighted by atomic mass is 10.1. The van der Waals surface area contributed by atoms with E-state index in [4.69, 9.17) is 5.14 Å². The Bertz CT molecular complexity index is 1160. The van der Waals surface area contributed by atoms with Crippen LogP contribution < -0.4 is 10.5 Å². The minimum absolute atomic E-state index is 0.0235. The standard InChI is InChI=1S/C22H28N4O3S2/c1-4-26-20-13-12-18(31(23,28)29)14-19(20)25-22(26)30-16(3)21(27)24-15(2)10-11-17-8-6-5-7-9-17/h5-9,12-16H,4,10-11H2,1-3H3,(H,24,27)(H2,23,28,29)/t15-,16+/m1/s1. The van der Waals surface area contributed by atoms with Crippen molar-refractivity contribution in [2.45, 2.75) is 61.5 Å². The largest absolute Gasteiger partial charge is 0.353 e. The molecule has 9 heteroatoms. The zero-order chi connectivity index (χ0) is 22.6. The van der Waals surface area contributed by atoms with Gasteiger partial charge < -0.3 is 9.88 Å². The van der Waals surface area contributed by atoms with E-state index in [0.29, 0.717) is 17.2 Å². The second-order valence-corrected chi connectivity index (χ2v) is 10.4. The van der Waals surface area contributed by atoms with E-state index in [2.05, 4.69) is 22.4 Å². The number of sulfonamides is 1. The average Bonchev–Trinajstić information content (AvgIpc) is 3.08. The molecule has 2 aromatic carbocycles. The van der Waals surface area contributed by atoms with Gasteiger partial charge in [0, 0.05) is 12.6 Å². The zero-order valence-corrected chi connectivity index (χ0v) is 19.5. The van der Waals surface area contributed by atoms with E-state index >= 15 is 0 Å². The molecule has 1 heterocycles. The first-order chi connectivity index (χ1) is 14.7. The molecule has 0 aliphatic rings. The maximum atomic E-state index is 12.7. The van der Waals surface area contributed by atoms with E-state index in [1.165, 1.54) is 29.5 Å². The second kappa shape index (κ2) is 9.84. The Hall–Kier alpha value is -2.36. The number of imidazole rings is 1. The lowest BCUT2D eigenvalue weighted by Gasteiger charge is -2.17. The summed E-state index contributed by atoms with van der Waals surface area (Å²) in [5, 5.41) is 8.63. The van der Waals surface area contributed by atoms with Gasteiger partial charge in [0.1, 0.15) is 0 Å². The first-order valence-electron chi connectivity index (χ1n) is 10.2. The molecule has 2 atom stereocenters. The minimum Gasteiger partial charge on any atom is -0.353 e. The third kappa shape index (κ3) is 5.87. The summed E-state index contributed by atoms with van der Waals surface area (Å²) in [6.07, 6.45) is 1.76. The Balaban J connectivity index is 1.67. The summed E-state index contributed by atoms with van der Waals surface area (Å²) in [4.78, 5) is 17.3. The van der Waals surface area contributed by atoms with Crippen molar-refractivity contribution in [3.05, 3.63) is 54.1 Å². The Kier molecular flexibility index (Phi) is 7.40. The molecule has 0 spiro atoms. The van der Waals surface area contributed by atoms with Gasteiger partial charge in [0.25, 0.3) is 0 Å². The van der Waals surface area contributed by atoms with Crippen LogP contribution in [0.4, 0.5) is 0 Å². The summed E-state index contributed by atoms with van der Waals surface area (Å²) < 4.78 is 25.2. The molecule has 0 aliphatic carbocycles. The summed E-state index contributed by atoms with van der Waals surface area (Å²) in [6.45, 7) is 6.48. The average molecular weight is 461 g/mol. The van der Waals surface area contributed by atoms with Gasteiger partial charge in [0.2, 0.25) is 15.9 Å². The summed E-state index contributed by atoms with van der Waals surface area (Å²) in [7, 11) is -3.80. The van der Waals surface area contributed by atoms with Crippen molar-refractivity contribution < 1.29 is 13.2 Å². The van der Waals surface area contributed by atoms with Crippen LogP contribution >= 0.6 is 11.8 Å². The molecule has 0 saturated heterocycles. The van der Waals surface area contributed by atoms with E-state index in [9.17, 15) is 13.2 Å². The second-order valence-electron chi connectivity index (χ2n) is 7.53. The summed E-state index contributed by atoms with van der Waals surface area (Å²) in [5.74, 6) is -0.0505. The SMILES string of the molecule is CCn1c(S[C@@H](C)C(=O)N[C@H](C)CCc2ccccc2)nc2cc(S(N)(=O)=O)ccc21. The number of aryl methyl sites for hydroxylation is 2. The van der Waals surface area contributed by atoms with Crippen molar-refractivity contribution in [1.82, 2.24) is 14.9 Å². The molecule has 7 nitrogen and oxygen atoms in total. The van der Waals surface area contributed by atoms with Gasteiger partial charge in [0.15, 0.2) is 5.16 Å². The maximum absolute atomic E-state index is 12.7. The van der Waals surface area contributed by atoms with Crippen LogP contribution in [0.1, 0.15) is 32.8 Å². The van der Waals surface area contributed by atoms with Gasteiger partial charge in [-0.1, -0.05) is 42.1 Å². The highest BCUT2D eigenvalue weighted by molar-refractivity contribution is 8.00. The number of hydrogen-bond acceptors (Lipinski definition) is 5. The third-order valence-corrected chi connectivity index (χ3v) is 7.08. The van der Waals surface area contributed by atoms with Crippen molar-refractivity contribution in [2.75, 3.05) is 0 Å².